The minimum absolute atomic E-state index is 0.0880. The Hall–Kier alpha value is -1.37. The molecule has 6 nitrogen and oxygen atoms in total. The monoisotopic (exact) mass is 299 g/mol. The lowest BCUT2D eigenvalue weighted by atomic mass is 10.2. The average molecular weight is 300 g/mol. The second-order valence-electron chi connectivity index (χ2n) is 4.80. The van der Waals surface area contributed by atoms with Crippen molar-refractivity contribution in [2.24, 2.45) is 0 Å². The summed E-state index contributed by atoms with van der Waals surface area (Å²) in [6, 6.07) is 4.65. The van der Waals surface area contributed by atoms with Crippen LogP contribution >= 0.6 is 11.6 Å². The van der Waals surface area contributed by atoms with Crippen LogP contribution in [0.2, 0.25) is 5.02 Å². The highest BCUT2D eigenvalue weighted by atomic mass is 35.5. The number of nitro benzene ring substituents is 1. The third-order valence-electron chi connectivity index (χ3n) is 3.48. The number of hydrogen-bond donors (Lipinski definition) is 1. The van der Waals surface area contributed by atoms with Crippen molar-refractivity contribution in [1.29, 1.82) is 0 Å². The van der Waals surface area contributed by atoms with Crippen LogP contribution < -0.4 is 4.90 Å². The lowest BCUT2D eigenvalue weighted by molar-refractivity contribution is -0.384. The van der Waals surface area contributed by atoms with Crippen LogP contribution in [0.1, 0.15) is 6.42 Å². The first-order valence-corrected chi connectivity index (χ1v) is 7.01. The molecular formula is C13H18ClN3O3. The lowest BCUT2D eigenvalue weighted by Crippen LogP contribution is -2.32. The molecule has 0 saturated carbocycles. The molecule has 1 aromatic rings. The van der Waals surface area contributed by atoms with E-state index in [0.717, 1.165) is 26.1 Å². The van der Waals surface area contributed by atoms with Gasteiger partial charge in [-0.1, -0.05) is 11.6 Å². The maximum Gasteiger partial charge on any atom is 0.292 e. The molecule has 1 heterocycles. The Kier molecular flexibility index (Phi) is 5.17. The van der Waals surface area contributed by atoms with Crippen LogP contribution in [0.4, 0.5) is 11.4 Å². The van der Waals surface area contributed by atoms with Gasteiger partial charge in [-0.2, -0.15) is 0 Å². The third-order valence-corrected chi connectivity index (χ3v) is 3.71. The fourth-order valence-electron chi connectivity index (χ4n) is 2.48. The van der Waals surface area contributed by atoms with Gasteiger partial charge in [0.1, 0.15) is 5.69 Å². The fourth-order valence-corrected chi connectivity index (χ4v) is 2.65. The number of β-amino-alcohol motifs (C(OH)–C–C–N with tert-alkyl or cyclic N) is 1. The Morgan fingerprint density at radius 1 is 1.30 bits per heavy atom. The zero-order valence-corrected chi connectivity index (χ0v) is 11.9. The molecule has 7 heteroatoms. The molecule has 0 aliphatic carbocycles. The second-order valence-corrected chi connectivity index (χ2v) is 5.23. The van der Waals surface area contributed by atoms with Crippen molar-refractivity contribution in [2.45, 2.75) is 6.42 Å². The number of hydrogen-bond acceptors (Lipinski definition) is 5. The van der Waals surface area contributed by atoms with Gasteiger partial charge in [-0.15, -0.1) is 0 Å². The summed E-state index contributed by atoms with van der Waals surface area (Å²) in [5.74, 6) is 0. The van der Waals surface area contributed by atoms with Crippen LogP contribution in [0.25, 0.3) is 0 Å². The van der Waals surface area contributed by atoms with Crippen LogP contribution in [0.15, 0.2) is 18.2 Å². The summed E-state index contributed by atoms with van der Waals surface area (Å²) in [5, 5.41) is 20.6. The molecule has 1 aliphatic heterocycles. The number of nitro groups is 1. The molecule has 2 rings (SSSR count). The van der Waals surface area contributed by atoms with E-state index in [1.54, 1.807) is 12.1 Å². The molecule has 1 N–H and O–H groups in total. The minimum atomic E-state index is -0.373. The van der Waals surface area contributed by atoms with Gasteiger partial charge in [0.2, 0.25) is 0 Å². The fraction of sp³-hybridized carbons (Fsp3) is 0.538. The molecule has 0 radical (unpaired) electrons. The smallest absolute Gasteiger partial charge is 0.292 e. The topological polar surface area (TPSA) is 69.9 Å². The molecule has 0 amide bonds. The predicted molar refractivity (Wildman–Crippen MR) is 78.5 cm³/mol. The molecule has 1 aromatic carbocycles. The summed E-state index contributed by atoms with van der Waals surface area (Å²) in [5.41, 5.74) is 0.665. The molecule has 0 spiro atoms. The summed E-state index contributed by atoms with van der Waals surface area (Å²) in [6.07, 6.45) is 0.906. The first-order chi connectivity index (χ1) is 9.61. The Morgan fingerprint density at radius 3 is 2.80 bits per heavy atom. The van der Waals surface area contributed by atoms with Crippen LogP contribution in [0.5, 0.6) is 0 Å². The molecule has 0 atom stereocenters. The average Bonchev–Trinajstić information content (AvgIpc) is 2.64. The Bertz CT molecular complexity index is 484. The quantitative estimate of drug-likeness (QED) is 0.677. The Labute approximate surface area is 122 Å². The molecule has 0 bridgehead atoms. The predicted octanol–water partition coefficient (Wildman–Crippen LogP) is 1.75. The van der Waals surface area contributed by atoms with Gasteiger partial charge in [0.05, 0.1) is 11.5 Å². The van der Waals surface area contributed by atoms with Crippen LogP contribution in [0, 0.1) is 10.1 Å². The summed E-state index contributed by atoms with van der Waals surface area (Å²) < 4.78 is 0. The summed E-state index contributed by atoms with van der Waals surface area (Å²) in [7, 11) is 0. The maximum atomic E-state index is 11.1. The van der Waals surface area contributed by atoms with Crippen molar-refractivity contribution in [3.05, 3.63) is 33.3 Å². The highest BCUT2D eigenvalue weighted by Gasteiger charge is 2.22. The van der Waals surface area contributed by atoms with E-state index >= 15 is 0 Å². The normalized spacial score (nSPS) is 17.0. The first kappa shape index (κ1) is 15.0. The van der Waals surface area contributed by atoms with Gasteiger partial charge in [0, 0.05) is 37.3 Å². The van der Waals surface area contributed by atoms with Crippen molar-refractivity contribution in [3.8, 4) is 0 Å². The van der Waals surface area contributed by atoms with Gasteiger partial charge in [-0.3, -0.25) is 15.0 Å². The van der Waals surface area contributed by atoms with E-state index in [-0.39, 0.29) is 17.2 Å². The Balaban J connectivity index is 2.18. The summed E-state index contributed by atoms with van der Waals surface area (Å²) in [4.78, 5) is 14.9. The zero-order valence-electron chi connectivity index (χ0n) is 11.2. The zero-order chi connectivity index (χ0) is 14.5. The van der Waals surface area contributed by atoms with Gasteiger partial charge >= 0.3 is 0 Å². The summed E-state index contributed by atoms with van der Waals surface area (Å²) in [6.45, 7) is 3.91. The summed E-state index contributed by atoms with van der Waals surface area (Å²) >= 11 is 5.97. The molecule has 20 heavy (non-hydrogen) atoms. The highest BCUT2D eigenvalue weighted by Crippen LogP contribution is 2.31. The van der Waals surface area contributed by atoms with E-state index in [1.807, 2.05) is 4.90 Å². The number of nitrogens with zero attached hydrogens (tertiary/aromatic N) is 3. The molecule has 0 aromatic heterocycles. The van der Waals surface area contributed by atoms with Crippen molar-refractivity contribution < 1.29 is 10.0 Å². The molecule has 1 aliphatic rings. The number of anilines is 1. The van der Waals surface area contributed by atoms with Gasteiger partial charge in [0.15, 0.2) is 0 Å². The van der Waals surface area contributed by atoms with E-state index in [4.69, 9.17) is 16.7 Å². The van der Waals surface area contributed by atoms with E-state index in [0.29, 0.717) is 23.8 Å². The standard InChI is InChI=1S/C13H18ClN3O3/c14-11-2-3-12(17(19)20)13(10-11)16-5-1-4-15(6-7-16)8-9-18/h2-3,10,18H,1,4-9H2. The largest absolute Gasteiger partial charge is 0.395 e. The van der Waals surface area contributed by atoms with E-state index in [2.05, 4.69) is 4.90 Å². The molecule has 1 fully saturated rings. The third kappa shape index (κ3) is 3.59. The van der Waals surface area contributed by atoms with Gasteiger partial charge in [0.25, 0.3) is 5.69 Å². The van der Waals surface area contributed by atoms with E-state index in [9.17, 15) is 10.1 Å². The molecule has 1 saturated heterocycles. The highest BCUT2D eigenvalue weighted by molar-refractivity contribution is 6.31. The Morgan fingerprint density at radius 2 is 2.10 bits per heavy atom. The lowest BCUT2D eigenvalue weighted by Gasteiger charge is -2.23. The van der Waals surface area contributed by atoms with Gasteiger partial charge in [-0.05, 0) is 25.1 Å². The number of aliphatic hydroxyl groups excluding tert-OH is 1. The van der Waals surface area contributed by atoms with Crippen LogP contribution in [-0.4, -0.2) is 54.3 Å². The van der Waals surface area contributed by atoms with Crippen LogP contribution in [0.3, 0.4) is 0 Å². The van der Waals surface area contributed by atoms with E-state index < -0.39 is 0 Å². The van der Waals surface area contributed by atoms with Gasteiger partial charge in [-0.25, -0.2) is 0 Å². The SMILES string of the molecule is O=[N+]([O-])c1ccc(Cl)cc1N1CCCN(CCO)CC1. The van der Waals surface area contributed by atoms with Crippen molar-refractivity contribution >= 4 is 23.0 Å². The van der Waals surface area contributed by atoms with Crippen molar-refractivity contribution in [2.75, 3.05) is 44.2 Å². The number of rotatable bonds is 4. The number of halogens is 1. The van der Waals surface area contributed by atoms with Crippen LogP contribution in [-0.2, 0) is 0 Å². The van der Waals surface area contributed by atoms with Gasteiger partial charge < -0.3 is 10.0 Å². The van der Waals surface area contributed by atoms with Crippen molar-refractivity contribution in [3.63, 3.8) is 0 Å². The minimum Gasteiger partial charge on any atom is -0.395 e. The van der Waals surface area contributed by atoms with Crippen molar-refractivity contribution in [1.82, 2.24) is 4.90 Å². The first-order valence-electron chi connectivity index (χ1n) is 6.64. The molecule has 0 unspecified atom stereocenters. The molecule has 110 valence electrons. The number of aliphatic hydroxyl groups is 1. The maximum absolute atomic E-state index is 11.1. The molecular weight excluding hydrogens is 282 g/mol. The number of benzene rings is 1. The van der Waals surface area contributed by atoms with E-state index in [1.165, 1.54) is 6.07 Å². The second kappa shape index (κ2) is 6.88.